The number of hydrogen-bond acceptors (Lipinski definition) is 4. The van der Waals surface area contributed by atoms with Gasteiger partial charge in [0.15, 0.2) is 0 Å². The lowest BCUT2D eigenvalue weighted by molar-refractivity contribution is 0.163. The highest BCUT2D eigenvalue weighted by Crippen LogP contribution is 2.09. The van der Waals surface area contributed by atoms with Gasteiger partial charge >= 0.3 is 0 Å². The number of nitrogens with zero attached hydrogens (tertiary/aromatic N) is 3. The van der Waals surface area contributed by atoms with E-state index in [2.05, 4.69) is 29.5 Å². The molecule has 0 aliphatic heterocycles. The summed E-state index contributed by atoms with van der Waals surface area (Å²) in [5.41, 5.74) is 0.792. The molecule has 15 heavy (non-hydrogen) atoms. The van der Waals surface area contributed by atoms with E-state index < -0.39 is 6.10 Å². The Hall–Kier alpha value is -0.940. The van der Waals surface area contributed by atoms with E-state index in [1.165, 1.54) is 0 Å². The van der Waals surface area contributed by atoms with Gasteiger partial charge in [-0.1, -0.05) is 19.1 Å². The highest BCUT2D eigenvalue weighted by molar-refractivity contribution is 4.99. The van der Waals surface area contributed by atoms with Gasteiger partial charge in [0.25, 0.3) is 0 Å². The first-order chi connectivity index (χ1) is 7.29. The maximum absolute atomic E-state index is 9.88. The summed E-state index contributed by atoms with van der Waals surface area (Å²) in [7, 11) is 0. The summed E-state index contributed by atoms with van der Waals surface area (Å²) in [5.74, 6) is 0. The van der Waals surface area contributed by atoms with Gasteiger partial charge in [-0.05, 0) is 19.4 Å². The molecule has 5 nitrogen and oxygen atoms in total. The largest absolute Gasteiger partial charge is 0.385 e. The average Bonchev–Trinajstić information content (AvgIpc) is 2.67. The van der Waals surface area contributed by atoms with Crippen molar-refractivity contribution < 1.29 is 5.11 Å². The van der Waals surface area contributed by atoms with Crippen molar-refractivity contribution in [3.63, 3.8) is 0 Å². The Kier molecular flexibility index (Phi) is 5.28. The third-order valence-corrected chi connectivity index (χ3v) is 2.19. The van der Waals surface area contributed by atoms with E-state index in [0.717, 1.165) is 31.6 Å². The Morgan fingerprint density at radius 3 is 2.93 bits per heavy atom. The monoisotopic (exact) mass is 212 g/mol. The quantitative estimate of drug-likeness (QED) is 0.654. The fourth-order valence-electron chi connectivity index (χ4n) is 1.43. The molecule has 0 amide bonds. The molecule has 1 heterocycles. The number of aliphatic hydroxyl groups excluding tert-OH is 1. The van der Waals surface area contributed by atoms with E-state index in [-0.39, 0.29) is 0 Å². The molecule has 5 heteroatoms. The van der Waals surface area contributed by atoms with Crippen LogP contribution in [0.25, 0.3) is 0 Å². The fourth-order valence-corrected chi connectivity index (χ4v) is 1.43. The van der Waals surface area contributed by atoms with E-state index >= 15 is 0 Å². The number of hydrogen-bond donors (Lipinski definition) is 2. The topological polar surface area (TPSA) is 63.0 Å². The van der Waals surface area contributed by atoms with Gasteiger partial charge < -0.3 is 10.4 Å². The van der Waals surface area contributed by atoms with Crippen LogP contribution in [-0.2, 0) is 6.54 Å². The van der Waals surface area contributed by atoms with Crippen molar-refractivity contribution in [1.82, 2.24) is 20.3 Å². The van der Waals surface area contributed by atoms with Crippen LogP contribution in [0.4, 0.5) is 0 Å². The van der Waals surface area contributed by atoms with Gasteiger partial charge in [-0.3, -0.25) is 0 Å². The Morgan fingerprint density at radius 2 is 2.27 bits per heavy atom. The number of rotatable bonds is 7. The zero-order valence-corrected chi connectivity index (χ0v) is 9.48. The zero-order chi connectivity index (χ0) is 11.1. The minimum atomic E-state index is -0.516. The Bertz CT molecular complexity index is 274. The SMILES string of the molecule is CCCNCC(O)c1cnnn1CCC. The molecule has 2 N–H and O–H groups in total. The van der Waals surface area contributed by atoms with Gasteiger partial charge in [0.05, 0.1) is 11.9 Å². The van der Waals surface area contributed by atoms with Crippen LogP contribution in [0, 0.1) is 0 Å². The molecule has 1 rings (SSSR count). The summed E-state index contributed by atoms with van der Waals surface area (Å²) in [4.78, 5) is 0. The van der Waals surface area contributed by atoms with Crippen molar-refractivity contribution in [3.8, 4) is 0 Å². The summed E-state index contributed by atoms with van der Waals surface area (Å²) in [6.07, 6.45) is 3.18. The number of aryl methyl sites for hydroxylation is 1. The van der Waals surface area contributed by atoms with Gasteiger partial charge in [-0.15, -0.1) is 5.10 Å². The van der Waals surface area contributed by atoms with Crippen molar-refractivity contribution >= 4 is 0 Å². The molecule has 0 spiro atoms. The summed E-state index contributed by atoms with van der Waals surface area (Å²) < 4.78 is 1.76. The number of nitrogens with one attached hydrogen (secondary N) is 1. The standard InChI is InChI=1S/C10H20N4O/c1-3-5-11-8-10(15)9-7-12-13-14(9)6-4-2/h7,10-11,15H,3-6,8H2,1-2H3. The Labute approximate surface area is 90.5 Å². The van der Waals surface area contributed by atoms with E-state index in [1.54, 1.807) is 10.9 Å². The molecule has 0 aromatic carbocycles. The summed E-state index contributed by atoms with van der Waals surface area (Å²) in [6.45, 7) is 6.47. The van der Waals surface area contributed by atoms with Crippen LogP contribution in [0.5, 0.6) is 0 Å². The van der Waals surface area contributed by atoms with Crippen LogP contribution in [0.15, 0.2) is 6.20 Å². The fraction of sp³-hybridized carbons (Fsp3) is 0.800. The Morgan fingerprint density at radius 1 is 1.47 bits per heavy atom. The van der Waals surface area contributed by atoms with Gasteiger partial charge in [0.1, 0.15) is 6.10 Å². The number of aliphatic hydroxyl groups is 1. The first kappa shape index (κ1) is 12.1. The molecular formula is C10H20N4O. The molecule has 0 bridgehead atoms. The van der Waals surface area contributed by atoms with E-state index in [9.17, 15) is 5.11 Å². The van der Waals surface area contributed by atoms with E-state index in [4.69, 9.17) is 0 Å². The predicted molar refractivity (Wildman–Crippen MR) is 58.4 cm³/mol. The number of aromatic nitrogens is 3. The van der Waals surface area contributed by atoms with Crippen molar-refractivity contribution in [2.45, 2.75) is 39.3 Å². The summed E-state index contributed by atoms with van der Waals surface area (Å²) in [6, 6.07) is 0. The minimum Gasteiger partial charge on any atom is -0.385 e. The lowest BCUT2D eigenvalue weighted by Gasteiger charge is -2.12. The maximum atomic E-state index is 9.88. The Balaban J connectivity index is 2.48. The summed E-state index contributed by atoms with van der Waals surface area (Å²) in [5, 5.41) is 20.8. The first-order valence-corrected chi connectivity index (χ1v) is 5.56. The normalized spacial score (nSPS) is 13.0. The predicted octanol–water partition coefficient (Wildman–Crippen LogP) is 0.721. The molecule has 1 aromatic heterocycles. The second-order valence-electron chi connectivity index (χ2n) is 3.60. The van der Waals surface area contributed by atoms with Gasteiger partial charge in [-0.25, -0.2) is 4.68 Å². The molecule has 1 unspecified atom stereocenters. The summed E-state index contributed by atoms with van der Waals surface area (Å²) >= 11 is 0. The minimum absolute atomic E-state index is 0.516. The molecule has 0 radical (unpaired) electrons. The molecule has 1 aromatic rings. The molecule has 0 aliphatic carbocycles. The van der Waals surface area contributed by atoms with E-state index in [0.29, 0.717) is 6.54 Å². The van der Waals surface area contributed by atoms with Gasteiger partial charge in [-0.2, -0.15) is 0 Å². The third-order valence-electron chi connectivity index (χ3n) is 2.19. The third kappa shape index (κ3) is 3.60. The second-order valence-corrected chi connectivity index (χ2v) is 3.60. The van der Waals surface area contributed by atoms with Crippen LogP contribution >= 0.6 is 0 Å². The molecule has 1 atom stereocenters. The smallest absolute Gasteiger partial charge is 0.110 e. The van der Waals surface area contributed by atoms with Crippen LogP contribution < -0.4 is 5.32 Å². The van der Waals surface area contributed by atoms with Crippen molar-refractivity contribution in [2.24, 2.45) is 0 Å². The molecule has 86 valence electrons. The molecule has 0 saturated carbocycles. The molecule has 0 aliphatic rings. The lowest BCUT2D eigenvalue weighted by atomic mass is 10.2. The molecular weight excluding hydrogens is 192 g/mol. The first-order valence-electron chi connectivity index (χ1n) is 5.56. The van der Waals surface area contributed by atoms with Crippen LogP contribution in [0.2, 0.25) is 0 Å². The van der Waals surface area contributed by atoms with Gasteiger partial charge in [0.2, 0.25) is 0 Å². The van der Waals surface area contributed by atoms with E-state index in [1.807, 2.05) is 0 Å². The maximum Gasteiger partial charge on any atom is 0.110 e. The zero-order valence-electron chi connectivity index (χ0n) is 9.48. The van der Waals surface area contributed by atoms with Crippen LogP contribution in [0.3, 0.4) is 0 Å². The van der Waals surface area contributed by atoms with Crippen molar-refractivity contribution in [1.29, 1.82) is 0 Å². The van der Waals surface area contributed by atoms with Crippen LogP contribution in [0.1, 0.15) is 38.5 Å². The van der Waals surface area contributed by atoms with Gasteiger partial charge in [0, 0.05) is 13.1 Å². The lowest BCUT2D eigenvalue weighted by Crippen LogP contribution is -2.24. The van der Waals surface area contributed by atoms with Crippen molar-refractivity contribution in [2.75, 3.05) is 13.1 Å². The second kappa shape index (κ2) is 6.53. The highest BCUT2D eigenvalue weighted by atomic mass is 16.3. The van der Waals surface area contributed by atoms with Crippen molar-refractivity contribution in [3.05, 3.63) is 11.9 Å². The van der Waals surface area contributed by atoms with Crippen LogP contribution in [-0.4, -0.2) is 33.2 Å². The average molecular weight is 212 g/mol. The molecule has 0 fully saturated rings. The highest BCUT2D eigenvalue weighted by Gasteiger charge is 2.12. The molecule has 0 saturated heterocycles.